The number of benzene rings is 1. The number of fused-ring (bicyclic) bond motifs is 1. The van der Waals surface area contributed by atoms with Crippen LogP contribution in [0.5, 0.6) is 0 Å². The normalized spacial score (nSPS) is 16.5. The maximum absolute atomic E-state index is 12.2. The van der Waals surface area contributed by atoms with Gasteiger partial charge in [-0.2, -0.15) is 0 Å². The van der Waals surface area contributed by atoms with Gasteiger partial charge in [0.05, 0.1) is 0 Å². The Labute approximate surface area is 125 Å². The Morgan fingerprint density at radius 1 is 0.952 bits per heavy atom. The summed E-state index contributed by atoms with van der Waals surface area (Å²) in [6, 6.07) is 6.01. The van der Waals surface area contributed by atoms with Crippen molar-refractivity contribution in [2.24, 2.45) is 0 Å². The van der Waals surface area contributed by atoms with Crippen LogP contribution in [0.25, 0.3) is 0 Å². The molecule has 0 fully saturated rings. The van der Waals surface area contributed by atoms with E-state index in [1.165, 1.54) is 17.5 Å². The van der Waals surface area contributed by atoms with Gasteiger partial charge in [0.1, 0.15) is 0 Å². The maximum Gasteiger partial charge on any atom is 0.163 e. The first-order valence-corrected chi connectivity index (χ1v) is 7.79. The Bertz CT molecular complexity index is 635. The molecular weight excluding hydrogens is 260 g/mol. The third kappa shape index (κ3) is 3.21. The van der Waals surface area contributed by atoms with E-state index >= 15 is 0 Å². The van der Waals surface area contributed by atoms with E-state index in [1.54, 1.807) is 0 Å². The predicted octanol–water partition coefficient (Wildman–Crippen LogP) is 3.98. The van der Waals surface area contributed by atoms with Crippen molar-refractivity contribution in [2.75, 3.05) is 0 Å². The van der Waals surface area contributed by atoms with E-state index in [2.05, 4.69) is 6.07 Å². The molecule has 0 bridgehead atoms. The minimum atomic E-state index is 0.0819. The lowest BCUT2D eigenvalue weighted by Gasteiger charge is -2.07. The molecule has 2 aliphatic carbocycles. The van der Waals surface area contributed by atoms with Gasteiger partial charge in [-0.1, -0.05) is 30.4 Å². The molecule has 2 aliphatic rings. The number of ketones is 2. The first kappa shape index (κ1) is 14.0. The summed E-state index contributed by atoms with van der Waals surface area (Å²) in [5.41, 5.74) is 4.21. The van der Waals surface area contributed by atoms with Gasteiger partial charge in [-0.05, 0) is 49.3 Å². The minimum absolute atomic E-state index is 0.0819. The Morgan fingerprint density at radius 3 is 2.57 bits per heavy atom. The number of carbonyl (C=O) groups is 2. The Morgan fingerprint density at radius 2 is 1.76 bits per heavy atom. The van der Waals surface area contributed by atoms with Crippen LogP contribution >= 0.6 is 0 Å². The molecule has 0 radical (unpaired) electrons. The molecule has 0 aromatic heterocycles. The van der Waals surface area contributed by atoms with Crippen molar-refractivity contribution in [3.63, 3.8) is 0 Å². The highest BCUT2D eigenvalue weighted by Gasteiger charge is 2.16. The molecule has 1 aromatic rings. The highest BCUT2D eigenvalue weighted by Crippen LogP contribution is 2.23. The van der Waals surface area contributed by atoms with Crippen LogP contribution in [-0.2, 0) is 17.6 Å². The van der Waals surface area contributed by atoms with Crippen molar-refractivity contribution in [1.82, 2.24) is 0 Å². The average Bonchev–Trinajstić information content (AvgIpc) is 3.00. The lowest BCUT2D eigenvalue weighted by atomic mass is 9.97. The summed E-state index contributed by atoms with van der Waals surface area (Å²) in [6.07, 6.45) is 11.8. The third-order valence-corrected chi connectivity index (χ3v) is 4.32. The van der Waals surface area contributed by atoms with Crippen LogP contribution in [0.4, 0.5) is 0 Å². The van der Waals surface area contributed by atoms with Crippen LogP contribution in [0, 0.1) is 0 Å². The number of allylic oxidation sites excluding steroid dienone is 4. The van der Waals surface area contributed by atoms with Crippen molar-refractivity contribution in [3.05, 3.63) is 58.7 Å². The summed E-state index contributed by atoms with van der Waals surface area (Å²) in [6.45, 7) is 0. The monoisotopic (exact) mass is 280 g/mol. The van der Waals surface area contributed by atoms with Crippen LogP contribution < -0.4 is 0 Å². The smallest absolute Gasteiger partial charge is 0.163 e. The summed E-state index contributed by atoms with van der Waals surface area (Å²) in [5, 5.41) is 0. The zero-order valence-electron chi connectivity index (χ0n) is 12.2. The third-order valence-electron chi connectivity index (χ3n) is 4.32. The molecule has 0 aliphatic heterocycles. The van der Waals surface area contributed by atoms with Crippen LogP contribution in [0.1, 0.15) is 53.6 Å². The van der Waals surface area contributed by atoms with Crippen molar-refractivity contribution < 1.29 is 9.59 Å². The second kappa shape index (κ2) is 6.21. The molecule has 0 atom stereocenters. The van der Waals surface area contributed by atoms with Crippen molar-refractivity contribution in [3.8, 4) is 0 Å². The Balaban J connectivity index is 1.60. The number of rotatable bonds is 5. The van der Waals surface area contributed by atoms with Crippen molar-refractivity contribution >= 4 is 11.6 Å². The van der Waals surface area contributed by atoms with Gasteiger partial charge in [0.2, 0.25) is 0 Å². The fraction of sp³-hybridized carbons (Fsp3) is 0.368. The molecule has 0 amide bonds. The fourth-order valence-corrected chi connectivity index (χ4v) is 3.08. The molecule has 3 rings (SSSR count). The predicted molar refractivity (Wildman–Crippen MR) is 83.5 cm³/mol. The molecule has 2 nitrogen and oxygen atoms in total. The maximum atomic E-state index is 12.2. The van der Waals surface area contributed by atoms with Gasteiger partial charge in [0.15, 0.2) is 11.6 Å². The zero-order valence-corrected chi connectivity index (χ0v) is 12.2. The second-order valence-corrected chi connectivity index (χ2v) is 5.82. The molecule has 0 N–H and O–H groups in total. The molecule has 0 unspecified atom stereocenters. The standard InChI is InChI=1S/C19H20O2/c20-18(15-5-2-1-3-6-15)11-12-19(21)17-10-9-14-7-4-8-16(14)13-17/h2,5-6,9-10,13H,1,3-4,7-8,11-12H2. The molecule has 0 spiro atoms. The van der Waals surface area contributed by atoms with E-state index in [9.17, 15) is 9.59 Å². The van der Waals surface area contributed by atoms with Gasteiger partial charge in [0.25, 0.3) is 0 Å². The second-order valence-electron chi connectivity index (χ2n) is 5.82. The van der Waals surface area contributed by atoms with Crippen LogP contribution in [-0.4, -0.2) is 11.6 Å². The van der Waals surface area contributed by atoms with E-state index < -0.39 is 0 Å². The Hall–Kier alpha value is -1.96. The average molecular weight is 280 g/mol. The van der Waals surface area contributed by atoms with E-state index in [1.807, 2.05) is 30.4 Å². The summed E-state index contributed by atoms with van der Waals surface area (Å²) in [4.78, 5) is 24.3. The zero-order chi connectivity index (χ0) is 14.7. The molecule has 0 heterocycles. The number of aryl methyl sites for hydroxylation is 2. The highest BCUT2D eigenvalue weighted by molar-refractivity contribution is 6.03. The van der Waals surface area contributed by atoms with Gasteiger partial charge in [0, 0.05) is 24.0 Å². The molecule has 21 heavy (non-hydrogen) atoms. The topological polar surface area (TPSA) is 34.1 Å². The molecule has 0 saturated heterocycles. The van der Waals surface area contributed by atoms with E-state index in [-0.39, 0.29) is 11.6 Å². The molecule has 108 valence electrons. The van der Waals surface area contributed by atoms with Gasteiger partial charge >= 0.3 is 0 Å². The fourth-order valence-electron chi connectivity index (χ4n) is 3.08. The number of hydrogen-bond acceptors (Lipinski definition) is 2. The first-order valence-electron chi connectivity index (χ1n) is 7.79. The molecular formula is C19H20O2. The number of carbonyl (C=O) groups excluding carboxylic acids is 2. The molecule has 2 heteroatoms. The van der Waals surface area contributed by atoms with Gasteiger partial charge in [-0.15, -0.1) is 0 Å². The first-order chi connectivity index (χ1) is 10.2. The SMILES string of the molecule is O=C(CCC(=O)c1ccc2c(c1)CCC2)C1=CCCC=C1. The highest BCUT2D eigenvalue weighted by atomic mass is 16.1. The van der Waals surface area contributed by atoms with Gasteiger partial charge in [-0.3, -0.25) is 9.59 Å². The summed E-state index contributed by atoms with van der Waals surface area (Å²) < 4.78 is 0. The summed E-state index contributed by atoms with van der Waals surface area (Å²) in [5.74, 6) is 0.166. The van der Waals surface area contributed by atoms with E-state index in [0.717, 1.165) is 36.8 Å². The van der Waals surface area contributed by atoms with Crippen LogP contribution in [0.3, 0.4) is 0 Å². The van der Waals surface area contributed by atoms with Crippen molar-refractivity contribution in [1.29, 1.82) is 0 Å². The Kier molecular flexibility index (Phi) is 4.14. The van der Waals surface area contributed by atoms with E-state index in [0.29, 0.717) is 12.8 Å². The van der Waals surface area contributed by atoms with Crippen LogP contribution in [0.15, 0.2) is 42.0 Å². The van der Waals surface area contributed by atoms with E-state index in [4.69, 9.17) is 0 Å². The van der Waals surface area contributed by atoms with Gasteiger partial charge < -0.3 is 0 Å². The molecule has 0 saturated carbocycles. The summed E-state index contributed by atoms with van der Waals surface area (Å²) >= 11 is 0. The number of hydrogen-bond donors (Lipinski definition) is 0. The number of Topliss-reactive ketones (excluding diaryl/α,β-unsaturated/α-hetero) is 2. The molecule has 1 aromatic carbocycles. The lowest BCUT2D eigenvalue weighted by Crippen LogP contribution is -2.07. The van der Waals surface area contributed by atoms with Gasteiger partial charge in [-0.25, -0.2) is 0 Å². The lowest BCUT2D eigenvalue weighted by molar-refractivity contribution is -0.115. The minimum Gasteiger partial charge on any atom is -0.294 e. The van der Waals surface area contributed by atoms with Crippen LogP contribution in [0.2, 0.25) is 0 Å². The summed E-state index contributed by atoms with van der Waals surface area (Å²) in [7, 11) is 0. The van der Waals surface area contributed by atoms with Crippen molar-refractivity contribution in [2.45, 2.75) is 44.9 Å². The largest absolute Gasteiger partial charge is 0.294 e. The quantitative estimate of drug-likeness (QED) is 0.764.